The maximum absolute atomic E-state index is 13.0. The molecule has 1 aromatic carbocycles. The standard InChI is InChI=1S/C19H27N5O/c1-6-24(16-9-7-8-14(2)12-16)18(25)17-13-15(3)21-19(22-17)20-10-11-23(4)5/h7-9,12-13H,6,10-11H2,1-5H3,(H,20,21,22). The quantitative estimate of drug-likeness (QED) is 0.839. The molecule has 0 radical (unpaired) electrons. The normalized spacial score (nSPS) is 10.8. The van der Waals surface area contributed by atoms with Crippen molar-refractivity contribution >= 4 is 17.5 Å². The van der Waals surface area contributed by atoms with Crippen LogP contribution in [-0.4, -0.2) is 54.5 Å². The number of amides is 1. The third-order valence-corrected chi connectivity index (χ3v) is 3.79. The largest absolute Gasteiger partial charge is 0.353 e. The molecule has 6 heteroatoms. The van der Waals surface area contributed by atoms with Crippen molar-refractivity contribution in [2.24, 2.45) is 0 Å². The summed E-state index contributed by atoms with van der Waals surface area (Å²) in [6.45, 7) is 8.02. The van der Waals surface area contributed by atoms with E-state index in [0.717, 1.165) is 30.0 Å². The Balaban J connectivity index is 2.23. The van der Waals surface area contributed by atoms with Gasteiger partial charge in [0.05, 0.1) is 0 Å². The molecular formula is C19H27N5O. The van der Waals surface area contributed by atoms with Gasteiger partial charge in [0.1, 0.15) is 5.69 Å². The number of nitrogens with zero attached hydrogens (tertiary/aromatic N) is 4. The van der Waals surface area contributed by atoms with Gasteiger partial charge >= 0.3 is 0 Å². The summed E-state index contributed by atoms with van der Waals surface area (Å²) in [5, 5.41) is 3.18. The molecule has 0 aliphatic carbocycles. The number of aryl methyl sites for hydroxylation is 2. The molecule has 25 heavy (non-hydrogen) atoms. The third-order valence-electron chi connectivity index (χ3n) is 3.79. The van der Waals surface area contributed by atoms with Gasteiger partial charge in [-0.05, 0) is 58.6 Å². The number of benzene rings is 1. The van der Waals surface area contributed by atoms with E-state index in [1.807, 2.05) is 59.1 Å². The van der Waals surface area contributed by atoms with Gasteiger partial charge in [0, 0.05) is 31.0 Å². The monoisotopic (exact) mass is 341 g/mol. The molecule has 0 saturated carbocycles. The van der Waals surface area contributed by atoms with Gasteiger partial charge in [-0.25, -0.2) is 9.97 Å². The van der Waals surface area contributed by atoms with Gasteiger partial charge in [-0.3, -0.25) is 4.79 Å². The first-order valence-electron chi connectivity index (χ1n) is 8.53. The fourth-order valence-corrected chi connectivity index (χ4v) is 2.53. The molecule has 1 amide bonds. The minimum atomic E-state index is -0.116. The Hall–Kier alpha value is -2.47. The van der Waals surface area contributed by atoms with Crippen molar-refractivity contribution < 1.29 is 4.79 Å². The average molecular weight is 341 g/mol. The lowest BCUT2D eigenvalue weighted by Gasteiger charge is -2.21. The maximum Gasteiger partial charge on any atom is 0.277 e. The van der Waals surface area contributed by atoms with Crippen LogP contribution in [0, 0.1) is 13.8 Å². The smallest absolute Gasteiger partial charge is 0.277 e. The molecule has 6 nitrogen and oxygen atoms in total. The first-order chi connectivity index (χ1) is 11.9. The molecule has 0 aliphatic heterocycles. The summed E-state index contributed by atoms with van der Waals surface area (Å²) in [6, 6.07) is 9.66. The number of aromatic nitrogens is 2. The molecular weight excluding hydrogens is 314 g/mol. The zero-order chi connectivity index (χ0) is 18.4. The van der Waals surface area contributed by atoms with Crippen LogP contribution < -0.4 is 10.2 Å². The third kappa shape index (κ3) is 5.26. The van der Waals surface area contributed by atoms with Crippen molar-refractivity contribution in [1.29, 1.82) is 0 Å². The highest BCUT2D eigenvalue weighted by molar-refractivity contribution is 6.05. The van der Waals surface area contributed by atoms with Gasteiger partial charge in [-0.2, -0.15) is 0 Å². The number of hydrogen-bond donors (Lipinski definition) is 1. The highest BCUT2D eigenvalue weighted by Gasteiger charge is 2.19. The Bertz CT molecular complexity index is 730. The summed E-state index contributed by atoms with van der Waals surface area (Å²) in [5.41, 5.74) is 3.17. The first-order valence-corrected chi connectivity index (χ1v) is 8.53. The molecule has 0 spiro atoms. The van der Waals surface area contributed by atoms with Crippen LogP contribution in [0.25, 0.3) is 0 Å². The SMILES string of the molecule is CCN(C(=O)c1cc(C)nc(NCCN(C)C)n1)c1cccc(C)c1. The predicted octanol–water partition coefficient (Wildman–Crippen LogP) is 2.73. The van der Waals surface area contributed by atoms with Crippen molar-refractivity contribution in [3.63, 3.8) is 0 Å². The number of rotatable bonds is 7. The number of anilines is 2. The second-order valence-electron chi connectivity index (χ2n) is 6.34. The van der Waals surface area contributed by atoms with E-state index in [-0.39, 0.29) is 5.91 Å². The summed E-state index contributed by atoms with van der Waals surface area (Å²) in [5.74, 6) is 0.375. The van der Waals surface area contributed by atoms with Crippen molar-refractivity contribution in [2.45, 2.75) is 20.8 Å². The van der Waals surface area contributed by atoms with Crippen molar-refractivity contribution in [2.75, 3.05) is 43.9 Å². The number of carbonyl (C=O) groups is 1. The molecule has 0 fully saturated rings. The van der Waals surface area contributed by atoms with E-state index in [1.165, 1.54) is 0 Å². The van der Waals surface area contributed by atoms with E-state index in [1.54, 1.807) is 11.0 Å². The van der Waals surface area contributed by atoms with Crippen LogP contribution in [0.5, 0.6) is 0 Å². The summed E-state index contributed by atoms with van der Waals surface area (Å²) < 4.78 is 0. The van der Waals surface area contributed by atoms with Gasteiger partial charge in [-0.15, -0.1) is 0 Å². The zero-order valence-corrected chi connectivity index (χ0v) is 15.7. The van der Waals surface area contributed by atoms with Gasteiger partial charge in [0.2, 0.25) is 5.95 Å². The molecule has 0 saturated heterocycles. The lowest BCUT2D eigenvalue weighted by atomic mass is 10.2. The van der Waals surface area contributed by atoms with Crippen LogP contribution in [0.15, 0.2) is 30.3 Å². The Morgan fingerprint density at radius 2 is 1.92 bits per heavy atom. The Kier molecular flexibility index (Phi) is 6.47. The molecule has 2 rings (SSSR count). The van der Waals surface area contributed by atoms with E-state index in [9.17, 15) is 4.79 Å². The molecule has 0 unspecified atom stereocenters. The molecule has 1 N–H and O–H groups in total. The van der Waals surface area contributed by atoms with Crippen LogP contribution in [-0.2, 0) is 0 Å². The molecule has 1 aromatic heterocycles. The summed E-state index contributed by atoms with van der Waals surface area (Å²) >= 11 is 0. The van der Waals surface area contributed by atoms with Gasteiger partial charge in [0.25, 0.3) is 5.91 Å². The van der Waals surface area contributed by atoms with Crippen LogP contribution in [0.4, 0.5) is 11.6 Å². The highest BCUT2D eigenvalue weighted by atomic mass is 16.2. The topological polar surface area (TPSA) is 61.4 Å². The van der Waals surface area contributed by atoms with E-state index in [4.69, 9.17) is 0 Å². The van der Waals surface area contributed by atoms with E-state index in [2.05, 4.69) is 20.2 Å². The summed E-state index contributed by atoms with van der Waals surface area (Å²) in [4.78, 5) is 25.6. The average Bonchev–Trinajstić information content (AvgIpc) is 2.54. The van der Waals surface area contributed by atoms with Crippen molar-refractivity contribution in [1.82, 2.24) is 14.9 Å². The maximum atomic E-state index is 13.0. The fourth-order valence-electron chi connectivity index (χ4n) is 2.53. The van der Waals surface area contributed by atoms with Crippen LogP contribution >= 0.6 is 0 Å². The minimum Gasteiger partial charge on any atom is -0.353 e. The second-order valence-corrected chi connectivity index (χ2v) is 6.34. The second kappa shape index (κ2) is 8.58. The fraction of sp³-hybridized carbons (Fsp3) is 0.421. The lowest BCUT2D eigenvalue weighted by Crippen LogP contribution is -2.32. The zero-order valence-electron chi connectivity index (χ0n) is 15.7. The molecule has 2 aromatic rings. The van der Waals surface area contributed by atoms with Gasteiger partial charge in [-0.1, -0.05) is 12.1 Å². The van der Waals surface area contributed by atoms with Gasteiger partial charge < -0.3 is 15.1 Å². The van der Waals surface area contributed by atoms with E-state index in [0.29, 0.717) is 18.2 Å². The van der Waals surface area contributed by atoms with Crippen LogP contribution in [0.3, 0.4) is 0 Å². The Labute approximate surface area is 149 Å². The lowest BCUT2D eigenvalue weighted by molar-refractivity contribution is 0.0983. The molecule has 0 bridgehead atoms. The molecule has 0 atom stereocenters. The molecule has 1 heterocycles. The summed E-state index contributed by atoms with van der Waals surface area (Å²) in [7, 11) is 4.02. The molecule has 134 valence electrons. The van der Waals surface area contributed by atoms with Crippen LogP contribution in [0.1, 0.15) is 28.7 Å². The minimum absolute atomic E-state index is 0.116. The van der Waals surface area contributed by atoms with Crippen molar-refractivity contribution in [3.05, 3.63) is 47.3 Å². The predicted molar refractivity (Wildman–Crippen MR) is 102 cm³/mol. The van der Waals surface area contributed by atoms with Crippen LogP contribution in [0.2, 0.25) is 0 Å². The number of hydrogen-bond acceptors (Lipinski definition) is 5. The number of carbonyl (C=O) groups excluding carboxylic acids is 1. The highest BCUT2D eigenvalue weighted by Crippen LogP contribution is 2.18. The summed E-state index contributed by atoms with van der Waals surface area (Å²) in [6.07, 6.45) is 0. The molecule has 0 aliphatic rings. The number of nitrogens with one attached hydrogen (secondary N) is 1. The Morgan fingerprint density at radius 3 is 2.56 bits per heavy atom. The van der Waals surface area contributed by atoms with E-state index >= 15 is 0 Å². The van der Waals surface area contributed by atoms with Crippen molar-refractivity contribution in [3.8, 4) is 0 Å². The first kappa shape index (κ1) is 18.9. The van der Waals surface area contributed by atoms with E-state index < -0.39 is 0 Å². The number of likely N-dealkylation sites (N-methyl/N-ethyl adjacent to an activating group) is 1. The van der Waals surface area contributed by atoms with Gasteiger partial charge in [0.15, 0.2) is 0 Å². The Morgan fingerprint density at radius 1 is 1.16 bits per heavy atom.